The fraction of sp³-hybridized carbons (Fsp3) is 1.00. The van der Waals surface area contributed by atoms with E-state index in [2.05, 4.69) is 13.8 Å². The van der Waals surface area contributed by atoms with E-state index in [1.807, 2.05) is 13.8 Å². The summed E-state index contributed by atoms with van der Waals surface area (Å²) in [5.41, 5.74) is 0. The maximum Gasteiger partial charge on any atom is 0.0487 e. The van der Waals surface area contributed by atoms with Crippen molar-refractivity contribution in [2.45, 2.75) is 34.1 Å². The minimum Gasteiger partial charge on any atom is -0.384 e. The zero-order valence-electron chi connectivity index (χ0n) is 7.40. The van der Waals surface area contributed by atoms with Crippen molar-refractivity contribution in [1.29, 1.82) is 0 Å². The maximum absolute atomic E-state index is 4.89. The second-order valence-electron chi connectivity index (χ2n) is 1.97. The fourth-order valence-electron chi connectivity index (χ4n) is 0.402. The fourth-order valence-corrected chi connectivity index (χ4v) is 0.402. The molecule has 0 aromatic rings. The lowest BCUT2D eigenvalue weighted by molar-refractivity contribution is 0.158. The van der Waals surface area contributed by atoms with Gasteiger partial charge in [-0.1, -0.05) is 34.1 Å². The lowest BCUT2D eigenvalue weighted by Crippen LogP contribution is -2.00. The zero-order chi connectivity index (χ0) is 7.70. The van der Waals surface area contributed by atoms with Gasteiger partial charge in [-0.2, -0.15) is 0 Å². The third-order valence-corrected chi connectivity index (χ3v) is 1.15. The van der Waals surface area contributed by atoms with E-state index in [0.717, 1.165) is 12.5 Å². The van der Waals surface area contributed by atoms with Gasteiger partial charge in [-0.25, -0.2) is 0 Å². The maximum atomic E-state index is 4.89. The molecule has 0 heterocycles. The van der Waals surface area contributed by atoms with Gasteiger partial charge < -0.3 is 4.74 Å². The van der Waals surface area contributed by atoms with E-state index in [1.165, 1.54) is 6.42 Å². The molecule has 0 saturated heterocycles. The van der Waals surface area contributed by atoms with Crippen LogP contribution in [0.5, 0.6) is 0 Å². The highest BCUT2D eigenvalue weighted by Gasteiger charge is 1.93. The summed E-state index contributed by atoms with van der Waals surface area (Å²) in [6.45, 7) is 9.25. The molecule has 0 fully saturated rings. The van der Waals surface area contributed by atoms with Crippen molar-refractivity contribution < 1.29 is 4.74 Å². The van der Waals surface area contributed by atoms with Crippen LogP contribution < -0.4 is 0 Å². The van der Waals surface area contributed by atoms with Crippen LogP contribution in [0.4, 0.5) is 0 Å². The van der Waals surface area contributed by atoms with Gasteiger partial charge in [-0.15, -0.1) is 0 Å². The van der Waals surface area contributed by atoms with Crippen molar-refractivity contribution in [2.24, 2.45) is 5.92 Å². The highest BCUT2D eigenvalue weighted by atomic mass is 16.5. The van der Waals surface area contributed by atoms with Crippen molar-refractivity contribution in [1.82, 2.24) is 0 Å². The van der Waals surface area contributed by atoms with Crippen LogP contribution in [-0.4, -0.2) is 13.7 Å². The monoisotopic (exact) mass is 132 g/mol. The van der Waals surface area contributed by atoms with Crippen molar-refractivity contribution in [3.63, 3.8) is 0 Å². The number of methoxy groups -OCH3 is 1. The van der Waals surface area contributed by atoms with Crippen LogP contribution in [0, 0.1) is 5.92 Å². The molecular weight excluding hydrogens is 112 g/mol. The third kappa shape index (κ3) is 11.5. The number of ether oxygens (including phenoxy) is 1. The summed E-state index contributed by atoms with van der Waals surface area (Å²) in [4.78, 5) is 0. The molecule has 0 saturated carbocycles. The lowest BCUT2D eigenvalue weighted by atomic mass is 10.1. The molecule has 0 aromatic carbocycles. The summed E-state index contributed by atoms with van der Waals surface area (Å²) in [6, 6.07) is 0. The van der Waals surface area contributed by atoms with Crippen molar-refractivity contribution in [2.75, 3.05) is 13.7 Å². The molecule has 9 heavy (non-hydrogen) atoms. The first-order valence-electron chi connectivity index (χ1n) is 3.80. The Bertz CT molecular complexity index is 35.5. The summed E-state index contributed by atoms with van der Waals surface area (Å²) in [7, 11) is 1.74. The minimum absolute atomic E-state index is 0.727. The first-order chi connectivity index (χ1) is 4.31. The van der Waals surface area contributed by atoms with Gasteiger partial charge in [-0.3, -0.25) is 0 Å². The summed E-state index contributed by atoms with van der Waals surface area (Å²) in [6.07, 6.45) is 1.22. The van der Waals surface area contributed by atoms with Gasteiger partial charge in [0.15, 0.2) is 0 Å². The molecule has 0 aliphatic heterocycles. The van der Waals surface area contributed by atoms with Crippen molar-refractivity contribution >= 4 is 0 Å². The lowest BCUT2D eigenvalue weighted by Gasteiger charge is -2.03. The Labute approximate surface area is 59.4 Å². The molecule has 0 amide bonds. The van der Waals surface area contributed by atoms with Crippen LogP contribution >= 0.6 is 0 Å². The molecule has 1 heteroatoms. The SMILES string of the molecule is CC.CCC(C)COC. The Morgan fingerprint density at radius 1 is 1.33 bits per heavy atom. The smallest absolute Gasteiger partial charge is 0.0487 e. The van der Waals surface area contributed by atoms with E-state index in [9.17, 15) is 0 Å². The Hall–Kier alpha value is -0.0400. The number of hydrogen-bond donors (Lipinski definition) is 0. The Morgan fingerprint density at radius 2 is 1.78 bits per heavy atom. The van der Waals surface area contributed by atoms with E-state index in [0.29, 0.717) is 0 Å². The van der Waals surface area contributed by atoms with E-state index in [-0.39, 0.29) is 0 Å². The van der Waals surface area contributed by atoms with Crippen LogP contribution in [0.25, 0.3) is 0 Å². The van der Waals surface area contributed by atoms with Crippen LogP contribution in [0.15, 0.2) is 0 Å². The van der Waals surface area contributed by atoms with Crippen LogP contribution in [0.3, 0.4) is 0 Å². The third-order valence-electron chi connectivity index (χ3n) is 1.15. The first-order valence-corrected chi connectivity index (χ1v) is 3.80. The average Bonchev–Trinajstić information content (AvgIpc) is 1.93. The zero-order valence-corrected chi connectivity index (χ0v) is 7.40. The van der Waals surface area contributed by atoms with Gasteiger partial charge in [0, 0.05) is 13.7 Å². The number of rotatable bonds is 3. The molecule has 0 aromatic heterocycles. The molecule has 1 atom stereocenters. The highest BCUT2D eigenvalue weighted by molar-refractivity contribution is 4.43. The van der Waals surface area contributed by atoms with E-state index >= 15 is 0 Å². The molecule has 58 valence electrons. The van der Waals surface area contributed by atoms with Gasteiger partial charge in [0.05, 0.1) is 0 Å². The molecule has 0 bridgehead atoms. The minimum atomic E-state index is 0.727. The predicted octanol–water partition coefficient (Wildman–Crippen LogP) is 2.71. The number of hydrogen-bond acceptors (Lipinski definition) is 1. The normalized spacial score (nSPS) is 11.7. The van der Waals surface area contributed by atoms with Crippen LogP contribution in [0.2, 0.25) is 0 Å². The summed E-state index contributed by atoms with van der Waals surface area (Å²) < 4.78 is 4.89. The highest BCUT2D eigenvalue weighted by Crippen LogP contribution is 1.98. The summed E-state index contributed by atoms with van der Waals surface area (Å²) in [5, 5.41) is 0. The molecular formula is C8H20O. The van der Waals surface area contributed by atoms with Crippen molar-refractivity contribution in [3.05, 3.63) is 0 Å². The Kier molecular flexibility index (Phi) is 14.1. The van der Waals surface area contributed by atoms with Gasteiger partial charge in [-0.05, 0) is 5.92 Å². The van der Waals surface area contributed by atoms with Crippen LogP contribution in [0.1, 0.15) is 34.1 Å². The van der Waals surface area contributed by atoms with E-state index < -0.39 is 0 Å². The predicted molar refractivity (Wildman–Crippen MR) is 42.7 cm³/mol. The average molecular weight is 132 g/mol. The Balaban J connectivity index is 0. The molecule has 0 rings (SSSR count). The second kappa shape index (κ2) is 10.9. The van der Waals surface area contributed by atoms with E-state index in [4.69, 9.17) is 4.74 Å². The van der Waals surface area contributed by atoms with Gasteiger partial charge in [0.2, 0.25) is 0 Å². The molecule has 1 unspecified atom stereocenters. The summed E-state index contributed by atoms with van der Waals surface area (Å²) >= 11 is 0. The Morgan fingerprint density at radius 3 is 1.89 bits per heavy atom. The van der Waals surface area contributed by atoms with Gasteiger partial charge >= 0.3 is 0 Å². The second-order valence-corrected chi connectivity index (χ2v) is 1.97. The standard InChI is InChI=1S/C6H14O.C2H6/c1-4-6(2)5-7-3;1-2/h6H,4-5H2,1-3H3;1-2H3. The van der Waals surface area contributed by atoms with Gasteiger partial charge in [0.25, 0.3) is 0 Å². The summed E-state index contributed by atoms with van der Waals surface area (Å²) in [5.74, 6) is 0.727. The molecule has 1 nitrogen and oxygen atoms in total. The largest absolute Gasteiger partial charge is 0.384 e. The van der Waals surface area contributed by atoms with E-state index in [1.54, 1.807) is 7.11 Å². The molecule has 0 aliphatic carbocycles. The van der Waals surface area contributed by atoms with Gasteiger partial charge in [0.1, 0.15) is 0 Å². The van der Waals surface area contributed by atoms with Crippen molar-refractivity contribution in [3.8, 4) is 0 Å². The quantitative estimate of drug-likeness (QED) is 0.573. The molecule has 0 radical (unpaired) electrons. The molecule has 0 aliphatic rings. The first kappa shape index (κ1) is 11.7. The topological polar surface area (TPSA) is 9.23 Å². The molecule has 0 spiro atoms. The molecule has 0 N–H and O–H groups in total. The van der Waals surface area contributed by atoms with Crippen LogP contribution in [-0.2, 0) is 4.74 Å².